The van der Waals surface area contributed by atoms with Crippen LogP contribution in [-0.2, 0) is 28.6 Å². The van der Waals surface area contributed by atoms with Crippen molar-refractivity contribution in [3.63, 3.8) is 0 Å². The van der Waals surface area contributed by atoms with Crippen LogP contribution in [-0.4, -0.2) is 37.2 Å². The Morgan fingerprint density at radius 3 is 1.05 bits per heavy atom. The molecule has 0 rings (SSSR count). The van der Waals surface area contributed by atoms with E-state index in [2.05, 4.69) is 69.4 Å². The van der Waals surface area contributed by atoms with E-state index in [1.807, 2.05) is 0 Å². The molecule has 0 aliphatic heterocycles. The van der Waals surface area contributed by atoms with Crippen LogP contribution in [0.4, 0.5) is 0 Å². The molecule has 0 spiro atoms. The van der Waals surface area contributed by atoms with Crippen LogP contribution in [0.5, 0.6) is 0 Å². The van der Waals surface area contributed by atoms with Crippen molar-refractivity contribution in [2.75, 3.05) is 13.2 Å². The van der Waals surface area contributed by atoms with Crippen LogP contribution in [0.15, 0.2) is 48.6 Å². The maximum Gasteiger partial charge on any atom is 0.306 e. The zero-order valence-electron chi connectivity index (χ0n) is 38.3. The van der Waals surface area contributed by atoms with E-state index in [0.717, 1.165) is 103 Å². The minimum Gasteiger partial charge on any atom is -0.462 e. The Morgan fingerprint density at radius 1 is 0.345 bits per heavy atom. The zero-order valence-corrected chi connectivity index (χ0v) is 38.3. The highest BCUT2D eigenvalue weighted by Crippen LogP contribution is 2.14. The summed E-state index contributed by atoms with van der Waals surface area (Å²) in [7, 11) is 0. The van der Waals surface area contributed by atoms with Gasteiger partial charge < -0.3 is 14.2 Å². The van der Waals surface area contributed by atoms with Gasteiger partial charge in [-0.05, 0) is 77.0 Å². The van der Waals surface area contributed by atoms with Gasteiger partial charge in [-0.15, -0.1) is 0 Å². The van der Waals surface area contributed by atoms with Crippen molar-refractivity contribution in [3.05, 3.63) is 48.6 Å². The van der Waals surface area contributed by atoms with Crippen molar-refractivity contribution in [1.82, 2.24) is 0 Å². The summed E-state index contributed by atoms with van der Waals surface area (Å²) in [6.45, 7) is 6.52. The van der Waals surface area contributed by atoms with Gasteiger partial charge >= 0.3 is 17.9 Å². The van der Waals surface area contributed by atoms with Crippen molar-refractivity contribution < 1.29 is 28.6 Å². The number of unbranched alkanes of at least 4 members (excludes halogenated alkanes) is 25. The first-order valence-corrected chi connectivity index (χ1v) is 24.6. The van der Waals surface area contributed by atoms with E-state index in [4.69, 9.17) is 14.2 Å². The summed E-state index contributed by atoms with van der Waals surface area (Å²) in [4.78, 5) is 37.8. The van der Waals surface area contributed by atoms with E-state index in [0.29, 0.717) is 19.3 Å². The van der Waals surface area contributed by atoms with Crippen molar-refractivity contribution in [3.8, 4) is 0 Å². The van der Waals surface area contributed by atoms with Gasteiger partial charge in [0.05, 0.1) is 0 Å². The third-order valence-corrected chi connectivity index (χ3v) is 10.5. The third kappa shape index (κ3) is 44.5. The van der Waals surface area contributed by atoms with Gasteiger partial charge in [0.1, 0.15) is 13.2 Å². The largest absolute Gasteiger partial charge is 0.462 e. The van der Waals surface area contributed by atoms with E-state index in [1.54, 1.807) is 0 Å². The summed E-state index contributed by atoms with van der Waals surface area (Å²) >= 11 is 0. The molecule has 6 nitrogen and oxygen atoms in total. The molecule has 336 valence electrons. The highest BCUT2D eigenvalue weighted by Gasteiger charge is 2.19. The van der Waals surface area contributed by atoms with Gasteiger partial charge in [0.25, 0.3) is 0 Å². The van der Waals surface area contributed by atoms with Crippen LogP contribution in [0.25, 0.3) is 0 Å². The van der Waals surface area contributed by atoms with Crippen molar-refractivity contribution >= 4 is 17.9 Å². The van der Waals surface area contributed by atoms with Gasteiger partial charge in [0.2, 0.25) is 0 Å². The fourth-order valence-electron chi connectivity index (χ4n) is 6.80. The molecule has 1 atom stereocenters. The number of allylic oxidation sites excluding steroid dienone is 8. The second kappa shape index (κ2) is 47.1. The Labute approximate surface area is 358 Å². The maximum atomic E-state index is 12.7. The normalized spacial score (nSPS) is 12.4. The second-order valence-electron chi connectivity index (χ2n) is 16.4. The molecular weight excluding hydrogens is 721 g/mol. The molecule has 0 aromatic carbocycles. The molecule has 0 saturated carbocycles. The number of esters is 3. The molecule has 0 bridgehead atoms. The van der Waals surface area contributed by atoms with Gasteiger partial charge in [-0.2, -0.15) is 0 Å². The molecule has 0 fully saturated rings. The monoisotopic (exact) mass is 813 g/mol. The average molecular weight is 813 g/mol. The highest BCUT2D eigenvalue weighted by molar-refractivity contribution is 5.71. The number of rotatable bonds is 44. The molecule has 0 aromatic rings. The Morgan fingerprint density at radius 2 is 0.655 bits per heavy atom. The maximum absolute atomic E-state index is 12.7. The standard InChI is InChI=1S/C52H92O6/c1-4-7-10-13-16-19-22-24-25-26-27-29-30-33-36-39-42-45-51(54)57-48-49(47-56-50(53)44-41-38-35-32-21-18-15-12-9-6-3)58-52(55)46-43-40-37-34-31-28-23-20-17-14-11-8-5-2/h11,14,16,19-20,23-25,49H,4-10,12-13,15,17-18,21-22,26-48H2,1-3H3/b14-11-,19-16-,23-20-,25-24-. The van der Waals surface area contributed by atoms with Crippen LogP contribution in [0.1, 0.15) is 245 Å². The molecule has 6 heteroatoms. The van der Waals surface area contributed by atoms with Crippen molar-refractivity contribution in [2.45, 2.75) is 252 Å². The predicted octanol–water partition coefficient (Wildman–Crippen LogP) is 15.9. The molecule has 0 aromatic heterocycles. The van der Waals surface area contributed by atoms with Gasteiger partial charge in [0, 0.05) is 19.3 Å². The lowest BCUT2D eigenvalue weighted by molar-refractivity contribution is -0.167. The third-order valence-electron chi connectivity index (χ3n) is 10.5. The summed E-state index contributed by atoms with van der Waals surface area (Å²) in [5.41, 5.74) is 0. The lowest BCUT2D eigenvalue weighted by Gasteiger charge is -2.18. The van der Waals surface area contributed by atoms with Crippen LogP contribution >= 0.6 is 0 Å². The smallest absolute Gasteiger partial charge is 0.306 e. The van der Waals surface area contributed by atoms with Crippen LogP contribution < -0.4 is 0 Å². The molecule has 0 radical (unpaired) electrons. The molecule has 58 heavy (non-hydrogen) atoms. The SMILES string of the molecule is CCC/C=C\C/C=C\CCCCCCCC(=O)OC(COC(=O)CCCCCCCCC/C=C\C/C=C\CCCCC)COC(=O)CCCCCCCCCCCC. The molecule has 0 N–H and O–H groups in total. The van der Waals surface area contributed by atoms with Crippen LogP contribution in [0.2, 0.25) is 0 Å². The van der Waals surface area contributed by atoms with E-state index >= 15 is 0 Å². The fourth-order valence-corrected chi connectivity index (χ4v) is 6.80. The molecule has 0 aliphatic rings. The Bertz CT molecular complexity index is 1030. The van der Waals surface area contributed by atoms with E-state index < -0.39 is 6.10 Å². The number of carbonyl (C=O) groups excluding carboxylic acids is 3. The van der Waals surface area contributed by atoms with Gasteiger partial charge in [-0.1, -0.05) is 198 Å². The average Bonchev–Trinajstić information content (AvgIpc) is 3.22. The summed E-state index contributed by atoms with van der Waals surface area (Å²) in [5, 5.41) is 0. The molecule has 0 aliphatic carbocycles. The number of hydrogen-bond acceptors (Lipinski definition) is 6. The topological polar surface area (TPSA) is 78.9 Å². The Balaban J connectivity index is 4.36. The van der Waals surface area contributed by atoms with Crippen molar-refractivity contribution in [2.24, 2.45) is 0 Å². The van der Waals surface area contributed by atoms with Gasteiger partial charge in [-0.3, -0.25) is 14.4 Å². The summed E-state index contributed by atoms with van der Waals surface area (Å²) < 4.78 is 16.7. The summed E-state index contributed by atoms with van der Waals surface area (Å²) in [6, 6.07) is 0. The first kappa shape index (κ1) is 55.4. The number of ether oxygens (including phenoxy) is 3. The summed E-state index contributed by atoms with van der Waals surface area (Å²) in [5.74, 6) is -0.900. The quantitative estimate of drug-likeness (QED) is 0.0264. The summed E-state index contributed by atoms with van der Waals surface area (Å²) in [6.07, 6.45) is 55.2. The van der Waals surface area contributed by atoms with Crippen LogP contribution in [0.3, 0.4) is 0 Å². The number of carbonyl (C=O) groups is 3. The van der Waals surface area contributed by atoms with Gasteiger partial charge in [0.15, 0.2) is 6.10 Å². The molecule has 0 amide bonds. The Hall–Kier alpha value is -2.63. The molecule has 0 heterocycles. The molecular formula is C52H92O6. The second-order valence-corrected chi connectivity index (χ2v) is 16.4. The molecule has 1 unspecified atom stereocenters. The lowest BCUT2D eigenvalue weighted by Crippen LogP contribution is -2.30. The van der Waals surface area contributed by atoms with E-state index in [1.165, 1.54) is 103 Å². The van der Waals surface area contributed by atoms with E-state index in [-0.39, 0.29) is 31.1 Å². The zero-order chi connectivity index (χ0) is 42.3. The van der Waals surface area contributed by atoms with Crippen molar-refractivity contribution in [1.29, 1.82) is 0 Å². The van der Waals surface area contributed by atoms with E-state index in [9.17, 15) is 14.4 Å². The first-order valence-electron chi connectivity index (χ1n) is 24.6. The van der Waals surface area contributed by atoms with Gasteiger partial charge in [-0.25, -0.2) is 0 Å². The highest BCUT2D eigenvalue weighted by atomic mass is 16.6. The number of hydrogen-bond donors (Lipinski definition) is 0. The minimum atomic E-state index is -0.779. The fraction of sp³-hybridized carbons (Fsp3) is 0.788. The first-order chi connectivity index (χ1) is 28.5. The molecule has 0 saturated heterocycles. The minimum absolute atomic E-state index is 0.0799. The van der Waals surface area contributed by atoms with Crippen LogP contribution in [0, 0.1) is 0 Å². The lowest BCUT2D eigenvalue weighted by atomic mass is 10.1. The predicted molar refractivity (Wildman–Crippen MR) is 247 cm³/mol. The Kier molecular flexibility index (Phi) is 44.9.